The van der Waals surface area contributed by atoms with Crippen LogP contribution in [-0.4, -0.2) is 21.8 Å². The van der Waals surface area contributed by atoms with E-state index in [2.05, 4.69) is 20.6 Å². The summed E-state index contributed by atoms with van der Waals surface area (Å²) >= 11 is 1.64. The minimum atomic E-state index is -0.113. The van der Waals surface area contributed by atoms with Crippen molar-refractivity contribution < 1.29 is 9.59 Å². The minimum Gasteiger partial charge on any atom is -0.348 e. The van der Waals surface area contributed by atoms with E-state index in [9.17, 15) is 9.59 Å². The zero-order chi connectivity index (χ0) is 22.6. The Morgan fingerprint density at radius 2 is 1.67 bits per heavy atom. The molecule has 4 aromatic rings. The maximum atomic E-state index is 12.5. The molecule has 2 amide bonds. The summed E-state index contributed by atoms with van der Waals surface area (Å²) in [5, 5.41) is 6.76. The normalized spacial score (nSPS) is 13.1. The van der Waals surface area contributed by atoms with Gasteiger partial charge in [-0.05, 0) is 60.4 Å². The lowest BCUT2D eigenvalue weighted by molar-refractivity contribution is -0.117. The maximum Gasteiger partial charge on any atom is 0.251 e. The largest absolute Gasteiger partial charge is 0.348 e. The van der Waals surface area contributed by atoms with Crippen LogP contribution in [0.15, 0.2) is 78.0 Å². The Kier molecular flexibility index (Phi) is 6.13. The van der Waals surface area contributed by atoms with Crippen LogP contribution in [0.2, 0.25) is 0 Å². The number of hydrogen-bond acceptors (Lipinski definition) is 4. The molecule has 6 nitrogen and oxygen atoms in total. The van der Waals surface area contributed by atoms with E-state index in [4.69, 9.17) is 0 Å². The Balaban J connectivity index is 1.10. The molecule has 1 heterocycles. The number of nitrogens with zero attached hydrogens (tertiary/aromatic N) is 1. The van der Waals surface area contributed by atoms with Crippen LogP contribution < -0.4 is 10.6 Å². The lowest BCUT2D eigenvalue weighted by Gasteiger charge is -2.08. The van der Waals surface area contributed by atoms with Crippen molar-refractivity contribution in [3.63, 3.8) is 0 Å². The molecule has 1 aromatic heterocycles. The quantitative estimate of drug-likeness (QED) is 0.321. The summed E-state index contributed by atoms with van der Waals surface area (Å²) < 4.78 is 0. The first-order chi connectivity index (χ1) is 16.1. The first kappa shape index (κ1) is 21.3. The summed E-state index contributed by atoms with van der Waals surface area (Å²) in [7, 11) is 0. The zero-order valence-electron chi connectivity index (χ0n) is 18.0. The third-order valence-corrected chi connectivity index (χ3v) is 6.53. The predicted octanol–water partition coefficient (Wildman–Crippen LogP) is 5.13. The number of benzene rings is 3. The number of amides is 2. The summed E-state index contributed by atoms with van der Waals surface area (Å²) in [4.78, 5) is 32.2. The molecule has 3 N–H and O–H groups in total. The number of rotatable bonds is 8. The van der Waals surface area contributed by atoms with E-state index >= 15 is 0 Å². The van der Waals surface area contributed by atoms with E-state index in [-0.39, 0.29) is 17.7 Å². The smallest absolute Gasteiger partial charge is 0.251 e. The average Bonchev–Trinajstić information content (AvgIpc) is 3.62. The standard InChI is InChI=1S/C26H24N4O2S/c31-24(27-15-17-7-13-21(14-8-17)28-25(32)20-11-12-20)19-9-5-18(6-10-19)16-33-26-29-22-3-1-2-4-23(22)30-26/h1-10,13-14,20H,11-12,15-16H2,(H,27,31)(H,28,32)(H,29,30). The molecule has 3 aromatic carbocycles. The Bertz CT molecular complexity index is 1240. The Morgan fingerprint density at radius 3 is 2.39 bits per heavy atom. The number of aromatic nitrogens is 2. The second kappa shape index (κ2) is 9.50. The van der Waals surface area contributed by atoms with Gasteiger partial charge in [0, 0.05) is 29.5 Å². The van der Waals surface area contributed by atoms with Gasteiger partial charge in [0.25, 0.3) is 5.91 Å². The number of H-pyrrole nitrogens is 1. The van der Waals surface area contributed by atoms with Gasteiger partial charge >= 0.3 is 0 Å². The number of hydrogen-bond donors (Lipinski definition) is 3. The van der Waals surface area contributed by atoms with Crippen molar-refractivity contribution in [3.05, 3.63) is 89.5 Å². The second-order valence-electron chi connectivity index (χ2n) is 8.19. The van der Waals surface area contributed by atoms with Gasteiger partial charge in [-0.3, -0.25) is 9.59 Å². The molecule has 0 unspecified atom stereocenters. The van der Waals surface area contributed by atoms with E-state index in [0.717, 1.165) is 51.6 Å². The highest BCUT2D eigenvalue weighted by Crippen LogP contribution is 2.30. The molecule has 0 aliphatic heterocycles. The lowest BCUT2D eigenvalue weighted by Crippen LogP contribution is -2.22. The van der Waals surface area contributed by atoms with Crippen molar-refractivity contribution in [1.29, 1.82) is 0 Å². The maximum absolute atomic E-state index is 12.5. The third-order valence-electron chi connectivity index (χ3n) is 5.58. The van der Waals surface area contributed by atoms with Gasteiger partial charge in [-0.15, -0.1) is 0 Å². The topological polar surface area (TPSA) is 86.9 Å². The van der Waals surface area contributed by atoms with Gasteiger partial charge < -0.3 is 15.6 Å². The fourth-order valence-electron chi connectivity index (χ4n) is 3.48. The van der Waals surface area contributed by atoms with Crippen molar-refractivity contribution in [3.8, 4) is 0 Å². The number of nitrogens with one attached hydrogen (secondary N) is 3. The number of fused-ring (bicyclic) bond motifs is 1. The minimum absolute atomic E-state index is 0.0930. The molecule has 166 valence electrons. The van der Waals surface area contributed by atoms with Crippen LogP contribution in [0.25, 0.3) is 11.0 Å². The summed E-state index contributed by atoms with van der Waals surface area (Å²) in [6, 6.07) is 23.2. The van der Waals surface area contributed by atoms with Gasteiger partial charge in [0.1, 0.15) is 0 Å². The Hall–Kier alpha value is -3.58. The van der Waals surface area contributed by atoms with Crippen molar-refractivity contribution in [2.75, 3.05) is 5.32 Å². The monoisotopic (exact) mass is 456 g/mol. The number of anilines is 1. The SMILES string of the molecule is O=C(NCc1ccc(NC(=O)C2CC2)cc1)c1ccc(CSc2nc3ccccc3[nH]2)cc1. The first-order valence-corrected chi connectivity index (χ1v) is 12.0. The third kappa shape index (κ3) is 5.43. The van der Waals surface area contributed by atoms with Gasteiger partial charge in [-0.2, -0.15) is 0 Å². The molecule has 5 rings (SSSR count). The molecule has 1 saturated carbocycles. The van der Waals surface area contributed by atoms with Crippen LogP contribution in [0.4, 0.5) is 5.69 Å². The number of para-hydroxylation sites is 2. The Labute approximate surface area is 196 Å². The molecule has 1 aliphatic rings. The van der Waals surface area contributed by atoms with Crippen molar-refractivity contribution in [2.45, 2.75) is 30.3 Å². The fraction of sp³-hybridized carbons (Fsp3) is 0.192. The van der Waals surface area contributed by atoms with Crippen LogP contribution in [0.3, 0.4) is 0 Å². The molecule has 33 heavy (non-hydrogen) atoms. The second-order valence-corrected chi connectivity index (χ2v) is 9.15. The zero-order valence-corrected chi connectivity index (χ0v) is 18.8. The van der Waals surface area contributed by atoms with Gasteiger partial charge in [-0.25, -0.2) is 4.98 Å². The van der Waals surface area contributed by atoms with Gasteiger partial charge in [-0.1, -0.05) is 48.2 Å². The number of carbonyl (C=O) groups excluding carboxylic acids is 2. The number of aromatic amines is 1. The van der Waals surface area contributed by atoms with Gasteiger partial charge in [0.05, 0.1) is 11.0 Å². The van der Waals surface area contributed by atoms with E-state index in [1.165, 1.54) is 0 Å². The average molecular weight is 457 g/mol. The fourth-order valence-corrected chi connectivity index (χ4v) is 4.32. The van der Waals surface area contributed by atoms with Crippen LogP contribution in [-0.2, 0) is 17.1 Å². The molecule has 0 saturated heterocycles. The summed E-state index contributed by atoms with van der Waals surface area (Å²) in [5.41, 5.74) is 5.51. The molecule has 1 aliphatic carbocycles. The summed E-state index contributed by atoms with van der Waals surface area (Å²) in [6.45, 7) is 0.430. The molecule has 1 fully saturated rings. The van der Waals surface area contributed by atoms with Crippen LogP contribution in [0.1, 0.15) is 34.3 Å². The van der Waals surface area contributed by atoms with Crippen LogP contribution >= 0.6 is 11.8 Å². The van der Waals surface area contributed by atoms with Crippen molar-refractivity contribution >= 4 is 40.3 Å². The Morgan fingerprint density at radius 1 is 0.939 bits per heavy atom. The first-order valence-electron chi connectivity index (χ1n) is 11.0. The highest BCUT2D eigenvalue weighted by molar-refractivity contribution is 7.98. The highest BCUT2D eigenvalue weighted by Gasteiger charge is 2.29. The molecule has 0 atom stereocenters. The lowest BCUT2D eigenvalue weighted by atomic mass is 10.1. The van der Waals surface area contributed by atoms with E-state index in [1.54, 1.807) is 11.8 Å². The summed E-state index contributed by atoms with van der Waals surface area (Å²) in [5.74, 6) is 0.929. The number of imidazole rings is 1. The van der Waals surface area contributed by atoms with Crippen LogP contribution in [0, 0.1) is 5.92 Å². The predicted molar refractivity (Wildman–Crippen MR) is 131 cm³/mol. The molecular weight excluding hydrogens is 432 g/mol. The summed E-state index contributed by atoms with van der Waals surface area (Å²) in [6.07, 6.45) is 1.97. The molecule has 7 heteroatoms. The van der Waals surface area contributed by atoms with E-state index in [1.807, 2.05) is 72.8 Å². The number of thioether (sulfide) groups is 1. The molecular formula is C26H24N4O2S. The van der Waals surface area contributed by atoms with Crippen molar-refractivity contribution in [1.82, 2.24) is 15.3 Å². The number of carbonyl (C=O) groups is 2. The highest BCUT2D eigenvalue weighted by atomic mass is 32.2. The van der Waals surface area contributed by atoms with E-state index in [0.29, 0.717) is 12.1 Å². The molecule has 0 bridgehead atoms. The molecule has 0 radical (unpaired) electrons. The molecule has 0 spiro atoms. The van der Waals surface area contributed by atoms with Crippen molar-refractivity contribution in [2.24, 2.45) is 5.92 Å². The van der Waals surface area contributed by atoms with E-state index < -0.39 is 0 Å². The van der Waals surface area contributed by atoms with Crippen LogP contribution in [0.5, 0.6) is 0 Å². The van der Waals surface area contributed by atoms with Gasteiger partial charge in [0.15, 0.2) is 5.16 Å². The van der Waals surface area contributed by atoms with Gasteiger partial charge in [0.2, 0.25) is 5.91 Å².